The highest BCUT2D eigenvalue weighted by atomic mass is 79.9. The van der Waals surface area contributed by atoms with Crippen LogP contribution in [-0.2, 0) is 5.75 Å². The molecule has 0 atom stereocenters. The molecule has 4 nitrogen and oxygen atoms in total. The number of nitrogens with zero attached hydrogens (tertiary/aromatic N) is 2. The van der Waals surface area contributed by atoms with Crippen LogP contribution in [0.2, 0.25) is 0 Å². The van der Waals surface area contributed by atoms with Crippen LogP contribution in [0.15, 0.2) is 89.4 Å². The standard InChI is InChI=1S/C24H17N3OS2.BrH/c25-15-17-9-11-18(12-10-17)16-29-24-21(27-13-5-2-6-14-27)20(26)23(30-24)22(28)19-7-3-1-4-8-19;/h1-14H,16H2,(H-,26,28);1H. The van der Waals surface area contributed by atoms with Gasteiger partial charge in [-0.3, -0.25) is 4.79 Å². The van der Waals surface area contributed by atoms with Crippen molar-refractivity contribution in [3.05, 3.63) is 107 Å². The molecule has 154 valence electrons. The normalized spacial score (nSPS) is 10.2. The molecular weight excluding hydrogens is 490 g/mol. The number of thioether (sulfide) groups is 1. The lowest BCUT2D eigenvalue weighted by molar-refractivity contribution is -0.596. The van der Waals surface area contributed by atoms with Gasteiger partial charge in [-0.25, -0.2) is 0 Å². The van der Waals surface area contributed by atoms with Crippen molar-refractivity contribution in [2.24, 2.45) is 0 Å². The third-order valence-electron chi connectivity index (χ3n) is 4.56. The first kappa shape index (κ1) is 22.8. The van der Waals surface area contributed by atoms with E-state index < -0.39 is 0 Å². The van der Waals surface area contributed by atoms with Gasteiger partial charge in [-0.05, 0) is 17.7 Å². The number of carbonyl (C=O) groups is 1. The van der Waals surface area contributed by atoms with Crippen molar-refractivity contribution in [1.29, 1.82) is 5.26 Å². The van der Waals surface area contributed by atoms with Crippen LogP contribution >= 0.6 is 23.1 Å². The smallest absolute Gasteiger partial charge is 0.259 e. The summed E-state index contributed by atoms with van der Waals surface area (Å²) in [5, 5.41) is 8.98. The second-order valence-corrected chi connectivity index (χ2v) is 8.82. The van der Waals surface area contributed by atoms with Gasteiger partial charge in [0.05, 0.1) is 11.6 Å². The van der Waals surface area contributed by atoms with Gasteiger partial charge in [0, 0.05) is 23.4 Å². The van der Waals surface area contributed by atoms with Gasteiger partial charge < -0.3 is 22.7 Å². The first-order valence-corrected chi connectivity index (χ1v) is 11.1. The summed E-state index contributed by atoms with van der Waals surface area (Å²) in [5.41, 5.74) is 10.2. The molecule has 0 saturated heterocycles. The lowest BCUT2D eigenvalue weighted by atomic mass is 10.1. The molecule has 4 rings (SSSR count). The Morgan fingerprint density at radius 2 is 1.65 bits per heavy atom. The SMILES string of the molecule is N#Cc1ccc(CSc2sc(C(=O)c3ccccc3)c(N)c2-[n+]2ccccc2)cc1.[Br-]. The molecule has 0 aliphatic heterocycles. The number of nitrogen functional groups attached to an aromatic ring is 1. The molecule has 0 bridgehead atoms. The number of pyridine rings is 1. The molecule has 7 heteroatoms. The van der Waals surface area contributed by atoms with Gasteiger partial charge in [0.2, 0.25) is 5.78 Å². The molecule has 0 radical (unpaired) electrons. The Kier molecular flexibility index (Phi) is 7.64. The number of ketones is 1. The van der Waals surface area contributed by atoms with E-state index >= 15 is 0 Å². The fourth-order valence-electron chi connectivity index (χ4n) is 3.02. The van der Waals surface area contributed by atoms with Gasteiger partial charge in [0.15, 0.2) is 12.4 Å². The molecule has 0 aliphatic carbocycles. The molecule has 0 amide bonds. The van der Waals surface area contributed by atoms with Gasteiger partial charge in [-0.1, -0.05) is 48.5 Å². The van der Waals surface area contributed by atoms with Crippen LogP contribution in [-0.4, -0.2) is 5.78 Å². The summed E-state index contributed by atoms with van der Waals surface area (Å²) >= 11 is 3.06. The Labute approximate surface area is 199 Å². The average molecular weight is 508 g/mol. The van der Waals surface area contributed by atoms with Crippen LogP contribution in [0.3, 0.4) is 0 Å². The van der Waals surface area contributed by atoms with Crippen molar-refractivity contribution >= 4 is 34.6 Å². The molecule has 2 aromatic carbocycles. The van der Waals surface area contributed by atoms with E-state index in [1.165, 1.54) is 11.3 Å². The topological polar surface area (TPSA) is 70.8 Å². The van der Waals surface area contributed by atoms with Crippen molar-refractivity contribution in [2.75, 3.05) is 5.73 Å². The maximum Gasteiger partial charge on any atom is 0.259 e. The van der Waals surface area contributed by atoms with Crippen molar-refractivity contribution in [3.8, 4) is 11.8 Å². The van der Waals surface area contributed by atoms with Crippen LogP contribution in [0, 0.1) is 11.3 Å². The van der Waals surface area contributed by atoms with Gasteiger partial charge in [0.25, 0.3) is 5.69 Å². The zero-order valence-electron chi connectivity index (χ0n) is 16.4. The first-order chi connectivity index (χ1) is 14.7. The summed E-state index contributed by atoms with van der Waals surface area (Å²) in [6.45, 7) is 0. The lowest BCUT2D eigenvalue weighted by Gasteiger charge is -2.02. The number of nitriles is 1. The van der Waals surface area contributed by atoms with Crippen LogP contribution < -0.4 is 27.3 Å². The van der Waals surface area contributed by atoms with E-state index in [-0.39, 0.29) is 22.8 Å². The van der Waals surface area contributed by atoms with E-state index in [0.29, 0.717) is 27.4 Å². The van der Waals surface area contributed by atoms with E-state index in [9.17, 15) is 4.79 Å². The summed E-state index contributed by atoms with van der Waals surface area (Å²) in [6.07, 6.45) is 3.86. The van der Waals surface area contributed by atoms with E-state index in [4.69, 9.17) is 11.0 Å². The predicted molar refractivity (Wildman–Crippen MR) is 121 cm³/mol. The Morgan fingerprint density at radius 1 is 1.00 bits per heavy atom. The van der Waals surface area contributed by atoms with Crippen molar-refractivity contribution in [3.63, 3.8) is 0 Å². The summed E-state index contributed by atoms with van der Waals surface area (Å²) < 4.78 is 2.93. The average Bonchev–Trinajstić information content (AvgIpc) is 3.14. The van der Waals surface area contributed by atoms with Gasteiger partial charge in [0.1, 0.15) is 14.8 Å². The molecule has 0 fully saturated rings. The maximum absolute atomic E-state index is 13.1. The van der Waals surface area contributed by atoms with Crippen molar-refractivity contribution in [2.45, 2.75) is 9.96 Å². The number of halogens is 1. The molecule has 2 N–H and O–H groups in total. The number of benzene rings is 2. The number of aromatic nitrogens is 1. The highest BCUT2D eigenvalue weighted by Gasteiger charge is 2.28. The Morgan fingerprint density at radius 3 is 2.29 bits per heavy atom. The number of carbonyl (C=O) groups excluding carboxylic acids is 1. The zero-order chi connectivity index (χ0) is 20.9. The van der Waals surface area contributed by atoms with E-state index in [1.807, 2.05) is 77.6 Å². The van der Waals surface area contributed by atoms with Gasteiger partial charge >= 0.3 is 0 Å². The molecule has 0 saturated carbocycles. The minimum atomic E-state index is -0.0684. The number of rotatable bonds is 6. The fourth-order valence-corrected chi connectivity index (χ4v) is 5.44. The molecule has 0 unspecified atom stereocenters. The molecule has 2 heterocycles. The predicted octanol–water partition coefficient (Wildman–Crippen LogP) is 2.01. The van der Waals surface area contributed by atoms with Crippen LogP contribution in [0.25, 0.3) is 5.69 Å². The minimum Gasteiger partial charge on any atom is -1.00 e. The Balaban J connectivity index is 0.00000272. The quantitative estimate of drug-likeness (QED) is 0.246. The summed E-state index contributed by atoms with van der Waals surface area (Å²) in [5.74, 6) is 0.645. The van der Waals surface area contributed by atoms with Crippen LogP contribution in [0.5, 0.6) is 0 Å². The monoisotopic (exact) mass is 507 g/mol. The summed E-state index contributed by atoms with van der Waals surface area (Å²) in [7, 11) is 0. The third kappa shape index (κ3) is 5.05. The number of hydrogen-bond acceptors (Lipinski definition) is 5. The lowest BCUT2D eigenvalue weighted by Crippen LogP contribution is -3.00. The number of hydrogen-bond donors (Lipinski definition) is 1. The van der Waals surface area contributed by atoms with Gasteiger partial charge in [-0.2, -0.15) is 9.83 Å². The Hall–Kier alpha value is -2.92. The summed E-state index contributed by atoms with van der Waals surface area (Å²) in [4.78, 5) is 13.6. The first-order valence-electron chi connectivity index (χ1n) is 9.28. The van der Waals surface area contributed by atoms with Crippen molar-refractivity contribution in [1.82, 2.24) is 0 Å². The highest BCUT2D eigenvalue weighted by molar-refractivity contribution is 8.00. The molecule has 0 aliphatic rings. The Bertz CT molecular complexity index is 1220. The molecule has 4 aromatic rings. The van der Waals surface area contributed by atoms with Gasteiger partial charge in [-0.15, -0.1) is 23.1 Å². The highest BCUT2D eigenvalue weighted by Crippen LogP contribution is 2.40. The molecule has 31 heavy (non-hydrogen) atoms. The van der Waals surface area contributed by atoms with Crippen LogP contribution in [0.4, 0.5) is 5.69 Å². The van der Waals surface area contributed by atoms with Crippen molar-refractivity contribution < 1.29 is 26.3 Å². The molecule has 2 aromatic heterocycles. The maximum atomic E-state index is 13.1. The van der Waals surface area contributed by atoms with E-state index in [1.54, 1.807) is 23.9 Å². The number of nitrogens with two attached hydrogens (primary N) is 1. The number of thiophene rings is 1. The van der Waals surface area contributed by atoms with Crippen LogP contribution in [0.1, 0.15) is 26.4 Å². The largest absolute Gasteiger partial charge is 1.00 e. The third-order valence-corrected chi connectivity index (χ3v) is 7.08. The fraction of sp³-hybridized carbons (Fsp3) is 0.0417. The second-order valence-electron chi connectivity index (χ2n) is 6.56. The number of anilines is 1. The molecule has 0 spiro atoms. The summed E-state index contributed by atoms with van der Waals surface area (Å²) in [6, 6.07) is 24.7. The zero-order valence-corrected chi connectivity index (χ0v) is 19.6. The van der Waals surface area contributed by atoms with E-state index in [0.717, 1.165) is 15.5 Å². The van der Waals surface area contributed by atoms with E-state index in [2.05, 4.69) is 6.07 Å². The molecular formula is C24H18BrN3OS2. The second kappa shape index (κ2) is 10.4. The minimum absolute atomic E-state index is 0.